The second-order valence-corrected chi connectivity index (χ2v) is 8.62. The molecule has 0 spiro atoms. The maximum Gasteiger partial charge on any atom is 0.263 e. The van der Waals surface area contributed by atoms with Crippen LogP contribution in [0.3, 0.4) is 0 Å². The van der Waals surface area contributed by atoms with E-state index >= 15 is 0 Å². The summed E-state index contributed by atoms with van der Waals surface area (Å²) in [5, 5.41) is 7.96. The molecule has 3 rings (SSSR count). The van der Waals surface area contributed by atoms with Crippen LogP contribution in [-0.4, -0.2) is 29.2 Å². The Morgan fingerprint density at radius 2 is 1.50 bits per heavy atom. The fourth-order valence-electron chi connectivity index (χ4n) is 2.65. The molecular weight excluding hydrogens is 376 g/mol. The standard InChI is InChI=1S/C20H22N4O3S/c1-13(2)24-20(22-28(26,27)17-11-7-15(4)8-12-17)18(21-23-24)19(25)16-9-5-14(3)6-10-16/h5-13,22H,1-4H3. The molecule has 0 radical (unpaired) electrons. The van der Waals surface area contributed by atoms with E-state index in [1.165, 1.54) is 16.8 Å². The van der Waals surface area contributed by atoms with Gasteiger partial charge in [-0.25, -0.2) is 13.1 Å². The Bertz CT molecular complexity index is 1100. The molecule has 8 heteroatoms. The van der Waals surface area contributed by atoms with E-state index < -0.39 is 15.8 Å². The monoisotopic (exact) mass is 398 g/mol. The number of carbonyl (C=O) groups is 1. The number of aromatic nitrogens is 3. The van der Waals surface area contributed by atoms with Gasteiger partial charge in [-0.1, -0.05) is 52.7 Å². The Balaban J connectivity index is 2.04. The Morgan fingerprint density at radius 1 is 0.964 bits per heavy atom. The van der Waals surface area contributed by atoms with Crippen molar-refractivity contribution in [3.05, 3.63) is 70.9 Å². The molecule has 1 N–H and O–H groups in total. The van der Waals surface area contributed by atoms with Gasteiger partial charge in [0.2, 0.25) is 5.78 Å². The van der Waals surface area contributed by atoms with Gasteiger partial charge in [0, 0.05) is 5.56 Å². The van der Waals surface area contributed by atoms with Gasteiger partial charge in [0.05, 0.1) is 10.9 Å². The molecule has 0 fully saturated rings. The lowest BCUT2D eigenvalue weighted by Gasteiger charge is -2.13. The molecule has 28 heavy (non-hydrogen) atoms. The summed E-state index contributed by atoms with van der Waals surface area (Å²) in [5.41, 5.74) is 2.34. The molecule has 0 amide bonds. The van der Waals surface area contributed by atoms with Crippen molar-refractivity contribution in [3.8, 4) is 0 Å². The van der Waals surface area contributed by atoms with Crippen molar-refractivity contribution in [1.82, 2.24) is 15.0 Å². The van der Waals surface area contributed by atoms with Crippen molar-refractivity contribution in [1.29, 1.82) is 0 Å². The molecule has 0 bridgehead atoms. The van der Waals surface area contributed by atoms with E-state index in [9.17, 15) is 13.2 Å². The maximum absolute atomic E-state index is 12.9. The minimum atomic E-state index is -3.90. The van der Waals surface area contributed by atoms with Crippen LogP contribution in [0, 0.1) is 13.8 Å². The van der Waals surface area contributed by atoms with Crippen molar-refractivity contribution >= 4 is 21.6 Å². The normalized spacial score (nSPS) is 11.6. The summed E-state index contributed by atoms with van der Waals surface area (Å²) in [7, 11) is -3.90. The molecule has 0 aliphatic heterocycles. The lowest BCUT2D eigenvalue weighted by Crippen LogP contribution is -2.19. The highest BCUT2D eigenvalue weighted by Gasteiger charge is 2.26. The van der Waals surface area contributed by atoms with Gasteiger partial charge in [-0.15, -0.1) is 5.10 Å². The van der Waals surface area contributed by atoms with Crippen LogP contribution in [0.15, 0.2) is 53.4 Å². The van der Waals surface area contributed by atoms with Crippen LogP contribution in [0.4, 0.5) is 5.82 Å². The zero-order valence-electron chi connectivity index (χ0n) is 16.2. The number of ketones is 1. The molecule has 0 saturated carbocycles. The number of rotatable bonds is 6. The molecule has 2 aromatic carbocycles. The number of hydrogen-bond donors (Lipinski definition) is 1. The van der Waals surface area contributed by atoms with Gasteiger partial charge < -0.3 is 0 Å². The van der Waals surface area contributed by atoms with Crippen molar-refractivity contribution in [2.75, 3.05) is 4.72 Å². The number of anilines is 1. The van der Waals surface area contributed by atoms with E-state index in [4.69, 9.17) is 0 Å². The molecule has 0 atom stereocenters. The molecule has 1 aromatic heterocycles. The first kappa shape index (κ1) is 19.8. The van der Waals surface area contributed by atoms with E-state index in [1.807, 2.05) is 39.8 Å². The maximum atomic E-state index is 12.9. The molecule has 0 unspecified atom stereocenters. The van der Waals surface area contributed by atoms with Crippen molar-refractivity contribution < 1.29 is 13.2 Å². The van der Waals surface area contributed by atoms with Crippen LogP contribution in [-0.2, 0) is 10.0 Å². The quantitative estimate of drug-likeness (QED) is 0.641. The van der Waals surface area contributed by atoms with E-state index in [2.05, 4.69) is 15.0 Å². The molecule has 7 nitrogen and oxygen atoms in total. The third-order valence-corrected chi connectivity index (χ3v) is 5.63. The van der Waals surface area contributed by atoms with E-state index in [-0.39, 0.29) is 22.4 Å². The van der Waals surface area contributed by atoms with E-state index in [1.54, 1.807) is 24.3 Å². The number of benzene rings is 2. The highest BCUT2D eigenvalue weighted by molar-refractivity contribution is 7.92. The average Bonchev–Trinajstić information content (AvgIpc) is 3.05. The number of hydrogen-bond acceptors (Lipinski definition) is 5. The molecule has 0 saturated heterocycles. The molecule has 0 aliphatic rings. The Morgan fingerprint density at radius 3 is 2.04 bits per heavy atom. The molecule has 0 aliphatic carbocycles. The summed E-state index contributed by atoms with van der Waals surface area (Å²) in [6, 6.07) is 13.3. The van der Waals surface area contributed by atoms with Crippen molar-refractivity contribution in [3.63, 3.8) is 0 Å². The van der Waals surface area contributed by atoms with Crippen LogP contribution in [0.1, 0.15) is 47.1 Å². The molecule has 146 valence electrons. The van der Waals surface area contributed by atoms with E-state index in [0.29, 0.717) is 5.56 Å². The number of carbonyl (C=O) groups excluding carboxylic acids is 1. The predicted molar refractivity (Wildman–Crippen MR) is 107 cm³/mol. The average molecular weight is 398 g/mol. The topological polar surface area (TPSA) is 93.9 Å². The molecule has 3 aromatic rings. The Kier molecular flexibility index (Phi) is 5.33. The lowest BCUT2D eigenvalue weighted by atomic mass is 10.1. The van der Waals surface area contributed by atoms with Crippen LogP contribution in [0.5, 0.6) is 0 Å². The third kappa shape index (κ3) is 3.96. The lowest BCUT2D eigenvalue weighted by molar-refractivity contribution is 0.103. The number of nitrogens with zero attached hydrogens (tertiary/aromatic N) is 3. The highest BCUT2D eigenvalue weighted by Crippen LogP contribution is 2.24. The minimum absolute atomic E-state index is 0.0340. The third-order valence-electron chi connectivity index (χ3n) is 4.27. The van der Waals surface area contributed by atoms with Crippen molar-refractivity contribution in [2.24, 2.45) is 0 Å². The van der Waals surface area contributed by atoms with Gasteiger partial charge in [0.15, 0.2) is 11.5 Å². The second-order valence-electron chi connectivity index (χ2n) is 6.94. The van der Waals surface area contributed by atoms with Crippen molar-refractivity contribution in [2.45, 2.75) is 38.6 Å². The van der Waals surface area contributed by atoms with Gasteiger partial charge in [0.1, 0.15) is 0 Å². The number of nitrogens with one attached hydrogen (secondary N) is 1. The Hall–Kier alpha value is -3.00. The zero-order valence-corrected chi connectivity index (χ0v) is 17.0. The number of sulfonamides is 1. The van der Waals surface area contributed by atoms with Crippen LogP contribution in [0.2, 0.25) is 0 Å². The summed E-state index contributed by atoms with van der Waals surface area (Å²) in [6.45, 7) is 7.46. The van der Waals surface area contributed by atoms with Gasteiger partial charge in [-0.2, -0.15) is 0 Å². The SMILES string of the molecule is Cc1ccc(C(=O)c2nnn(C(C)C)c2NS(=O)(=O)c2ccc(C)cc2)cc1. The van der Waals surface area contributed by atoms with Gasteiger partial charge in [0.25, 0.3) is 10.0 Å². The highest BCUT2D eigenvalue weighted by atomic mass is 32.2. The molecular formula is C20H22N4O3S. The Labute approximate surface area is 164 Å². The summed E-state index contributed by atoms with van der Waals surface area (Å²) >= 11 is 0. The fraction of sp³-hybridized carbons (Fsp3) is 0.250. The second kappa shape index (κ2) is 7.55. The molecule has 1 heterocycles. The van der Waals surface area contributed by atoms with Gasteiger partial charge in [-0.3, -0.25) is 9.52 Å². The van der Waals surface area contributed by atoms with Crippen LogP contribution >= 0.6 is 0 Å². The summed E-state index contributed by atoms with van der Waals surface area (Å²) in [6.07, 6.45) is 0. The van der Waals surface area contributed by atoms with E-state index in [0.717, 1.165) is 11.1 Å². The van der Waals surface area contributed by atoms with Gasteiger partial charge in [-0.05, 0) is 39.8 Å². The first-order valence-corrected chi connectivity index (χ1v) is 10.3. The first-order chi connectivity index (χ1) is 13.2. The van der Waals surface area contributed by atoms with Crippen LogP contribution in [0.25, 0.3) is 0 Å². The largest absolute Gasteiger partial charge is 0.287 e. The minimum Gasteiger partial charge on any atom is -0.287 e. The summed E-state index contributed by atoms with van der Waals surface area (Å²) in [4.78, 5) is 13.0. The smallest absolute Gasteiger partial charge is 0.263 e. The number of aryl methyl sites for hydroxylation is 2. The summed E-state index contributed by atoms with van der Waals surface area (Å²) in [5.74, 6) is -0.338. The zero-order chi connectivity index (χ0) is 20.5. The predicted octanol–water partition coefficient (Wildman–Crippen LogP) is 3.51. The van der Waals surface area contributed by atoms with Crippen LogP contribution < -0.4 is 4.72 Å². The summed E-state index contributed by atoms with van der Waals surface area (Å²) < 4.78 is 29.6. The first-order valence-electron chi connectivity index (χ1n) is 8.85. The fourth-order valence-corrected chi connectivity index (χ4v) is 3.71. The van der Waals surface area contributed by atoms with Gasteiger partial charge >= 0.3 is 0 Å².